The third-order valence-electron chi connectivity index (χ3n) is 6.51. The highest BCUT2D eigenvalue weighted by Gasteiger charge is 2.36. The molecule has 0 saturated carbocycles. The smallest absolute Gasteiger partial charge is 0.416 e. The van der Waals surface area contributed by atoms with Crippen LogP contribution in [-0.4, -0.2) is 50.3 Å². The summed E-state index contributed by atoms with van der Waals surface area (Å²) in [4.78, 5) is 30.5. The zero-order valence-electron chi connectivity index (χ0n) is 19.2. The number of aromatic nitrogens is 2. The predicted molar refractivity (Wildman–Crippen MR) is 130 cm³/mol. The minimum atomic E-state index is -4.79. The predicted octanol–water partition coefficient (Wildman–Crippen LogP) is 5.10. The van der Waals surface area contributed by atoms with E-state index in [2.05, 4.69) is 15.2 Å². The largest absolute Gasteiger partial charge is 0.481 e. The van der Waals surface area contributed by atoms with Gasteiger partial charge in [0.1, 0.15) is 5.82 Å². The summed E-state index contributed by atoms with van der Waals surface area (Å²) in [6, 6.07) is 7.62. The number of hydrogen-bond donors (Lipinski definition) is 2. The number of carbonyl (C=O) groups is 2. The molecule has 1 amide bonds. The number of nitrogens with zero attached hydrogens (tertiary/aromatic N) is 3. The van der Waals surface area contributed by atoms with Gasteiger partial charge in [0, 0.05) is 18.5 Å². The Kier molecular flexibility index (Phi) is 6.52. The summed E-state index contributed by atoms with van der Waals surface area (Å²) in [5, 5.41) is 17.1. The molecule has 0 bridgehead atoms. The van der Waals surface area contributed by atoms with Crippen molar-refractivity contribution in [3.8, 4) is 0 Å². The molecule has 3 heterocycles. The number of rotatable bonds is 4. The number of halogens is 4. The van der Waals surface area contributed by atoms with Crippen LogP contribution in [0.15, 0.2) is 52.5 Å². The van der Waals surface area contributed by atoms with Crippen molar-refractivity contribution < 1.29 is 32.3 Å². The first-order chi connectivity index (χ1) is 17.6. The number of thioether (sulfide) groups is 1. The van der Waals surface area contributed by atoms with Gasteiger partial charge in [-0.1, -0.05) is 12.1 Å². The number of allylic oxidation sites excluding steroid dienone is 1. The third kappa shape index (κ3) is 5.10. The summed E-state index contributed by atoms with van der Waals surface area (Å²) in [5.74, 6) is -2.93. The number of fused-ring (bicyclic) bond motifs is 1. The van der Waals surface area contributed by atoms with Crippen molar-refractivity contribution >= 4 is 45.3 Å². The highest BCUT2D eigenvalue weighted by molar-refractivity contribution is 8.18. The zero-order valence-corrected chi connectivity index (χ0v) is 20.0. The molecule has 1 aromatic heterocycles. The van der Waals surface area contributed by atoms with E-state index >= 15 is 0 Å². The number of nitrogens with one attached hydrogen (secondary N) is 1. The van der Waals surface area contributed by atoms with Crippen LogP contribution in [-0.2, 0) is 22.2 Å². The first-order valence-corrected chi connectivity index (χ1v) is 12.2. The lowest BCUT2D eigenvalue weighted by molar-refractivity contribution is -0.143. The summed E-state index contributed by atoms with van der Waals surface area (Å²) in [6.07, 6.45) is -2.70. The van der Waals surface area contributed by atoms with Gasteiger partial charge in [-0.25, -0.2) is 4.39 Å². The number of aromatic amines is 1. The Morgan fingerprint density at radius 2 is 1.92 bits per heavy atom. The maximum atomic E-state index is 13.8. The Bertz CT molecular complexity index is 1460. The summed E-state index contributed by atoms with van der Waals surface area (Å²) >= 11 is 1.06. The van der Waals surface area contributed by atoms with Gasteiger partial charge in [-0.2, -0.15) is 23.3 Å². The van der Waals surface area contributed by atoms with Gasteiger partial charge in [-0.3, -0.25) is 14.7 Å². The standard InChI is InChI=1S/C25H20F4N4O3S/c26-17-3-1-15(19(11-17)25(27,28)29)10-18(14-2-4-20-16(9-14)12-30-32-20)21-22(34)31-24(37-21)33-7-5-13(6-8-33)23(35)36/h1-4,9,11-13H,5-8,10H2,(H,30,32)(H,35,36). The van der Waals surface area contributed by atoms with E-state index in [1.807, 2.05) is 4.90 Å². The lowest BCUT2D eigenvalue weighted by atomic mass is 9.93. The van der Waals surface area contributed by atoms with Crippen molar-refractivity contribution in [1.29, 1.82) is 0 Å². The molecule has 0 atom stereocenters. The number of hydrogen-bond acceptors (Lipinski definition) is 5. The second-order valence-corrected chi connectivity index (χ2v) is 9.83. The number of alkyl halides is 3. The Morgan fingerprint density at radius 3 is 2.62 bits per heavy atom. The number of carboxylic acid groups (broad SMARTS) is 1. The Balaban J connectivity index is 1.54. The maximum Gasteiger partial charge on any atom is 0.416 e. The molecule has 1 fully saturated rings. The molecule has 2 aliphatic rings. The van der Waals surface area contributed by atoms with Gasteiger partial charge in [0.2, 0.25) is 0 Å². The number of piperidine rings is 1. The molecular weight excluding hydrogens is 512 g/mol. The van der Waals surface area contributed by atoms with Crippen molar-refractivity contribution in [2.24, 2.45) is 10.9 Å². The van der Waals surface area contributed by atoms with Gasteiger partial charge in [0.05, 0.1) is 28.1 Å². The summed E-state index contributed by atoms with van der Waals surface area (Å²) in [5.41, 5.74) is 0.280. The highest BCUT2D eigenvalue weighted by atomic mass is 32.2. The average Bonchev–Trinajstić information content (AvgIpc) is 3.48. The van der Waals surface area contributed by atoms with Crippen LogP contribution in [0.2, 0.25) is 0 Å². The summed E-state index contributed by atoms with van der Waals surface area (Å²) in [7, 11) is 0. The quantitative estimate of drug-likeness (QED) is 0.358. The number of aliphatic imine (C=N–C) groups is 1. The summed E-state index contributed by atoms with van der Waals surface area (Å²) in [6.45, 7) is 0.797. The van der Waals surface area contributed by atoms with Crippen molar-refractivity contribution in [3.05, 3.63) is 70.0 Å². The Morgan fingerprint density at radius 1 is 1.16 bits per heavy atom. The molecular formula is C25H20F4N4O3S. The van der Waals surface area contributed by atoms with E-state index in [0.29, 0.717) is 53.7 Å². The van der Waals surface area contributed by atoms with Crippen molar-refractivity contribution in [2.45, 2.75) is 25.4 Å². The first kappa shape index (κ1) is 25.0. The lowest BCUT2D eigenvalue weighted by Gasteiger charge is -2.30. The molecule has 0 unspecified atom stereocenters. The second-order valence-electron chi connectivity index (χ2n) is 8.86. The first-order valence-electron chi connectivity index (χ1n) is 11.4. The van der Waals surface area contributed by atoms with Crippen molar-refractivity contribution in [2.75, 3.05) is 13.1 Å². The van der Waals surface area contributed by atoms with Gasteiger partial charge >= 0.3 is 12.1 Å². The maximum absolute atomic E-state index is 13.8. The number of amides is 1. The third-order valence-corrected chi connectivity index (χ3v) is 7.66. The molecule has 192 valence electrons. The number of likely N-dealkylation sites (tertiary alicyclic amines) is 1. The molecule has 5 rings (SSSR count). The van der Waals surface area contributed by atoms with Crippen LogP contribution in [0.4, 0.5) is 17.6 Å². The normalized spacial score (nSPS) is 18.4. The van der Waals surface area contributed by atoms with Gasteiger partial charge in [0.25, 0.3) is 5.91 Å². The van der Waals surface area contributed by atoms with Crippen LogP contribution in [0, 0.1) is 11.7 Å². The van der Waals surface area contributed by atoms with Gasteiger partial charge < -0.3 is 10.0 Å². The Labute approximate surface area is 212 Å². The highest BCUT2D eigenvalue weighted by Crippen LogP contribution is 2.40. The van der Waals surface area contributed by atoms with Crippen LogP contribution in [0.3, 0.4) is 0 Å². The molecule has 7 nitrogen and oxygen atoms in total. The number of carbonyl (C=O) groups excluding carboxylic acids is 1. The van der Waals surface area contributed by atoms with E-state index in [-0.39, 0.29) is 16.9 Å². The fourth-order valence-corrected chi connectivity index (χ4v) is 5.61. The van der Waals surface area contributed by atoms with E-state index in [0.717, 1.165) is 29.4 Å². The number of aliphatic carboxylic acids is 1. The Hall–Kier alpha value is -3.67. The molecule has 0 radical (unpaired) electrons. The van der Waals surface area contributed by atoms with E-state index < -0.39 is 35.4 Å². The van der Waals surface area contributed by atoms with E-state index in [1.165, 1.54) is 0 Å². The van der Waals surface area contributed by atoms with Crippen molar-refractivity contribution in [1.82, 2.24) is 15.1 Å². The van der Waals surface area contributed by atoms with Crippen LogP contribution in [0.25, 0.3) is 16.5 Å². The van der Waals surface area contributed by atoms with Crippen molar-refractivity contribution in [3.63, 3.8) is 0 Å². The second kappa shape index (κ2) is 9.66. The molecule has 3 aromatic rings. The SMILES string of the molecule is O=C1N=C(N2CCC(C(=O)O)CC2)SC1=C(Cc1ccc(F)cc1C(F)(F)F)c1ccc2[nH]ncc2c1. The number of carboxylic acids is 1. The topological polar surface area (TPSA) is 98.6 Å². The van der Waals surface area contributed by atoms with Gasteiger partial charge in [-0.15, -0.1) is 0 Å². The molecule has 12 heteroatoms. The molecule has 2 aromatic carbocycles. The average molecular weight is 533 g/mol. The van der Waals surface area contributed by atoms with Gasteiger partial charge in [0.15, 0.2) is 5.17 Å². The fraction of sp³-hybridized carbons (Fsp3) is 0.280. The van der Waals surface area contributed by atoms with Crippen LogP contribution >= 0.6 is 11.8 Å². The van der Waals surface area contributed by atoms with E-state index in [1.54, 1.807) is 24.4 Å². The van der Waals surface area contributed by atoms with E-state index in [9.17, 15) is 32.3 Å². The zero-order chi connectivity index (χ0) is 26.3. The van der Waals surface area contributed by atoms with Crippen LogP contribution in [0.5, 0.6) is 0 Å². The number of amidine groups is 1. The minimum Gasteiger partial charge on any atom is -0.481 e. The molecule has 1 saturated heterocycles. The number of benzene rings is 2. The van der Waals surface area contributed by atoms with Gasteiger partial charge in [-0.05, 0) is 72.0 Å². The molecule has 0 spiro atoms. The van der Waals surface area contributed by atoms with E-state index in [4.69, 9.17) is 0 Å². The molecule has 0 aliphatic carbocycles. The molecule has 2 N–H and O–H groups in total. The monoisotopic (exact) mass is 532 g/mol. The number of H-pyrrole nitrogens is 1. The van der Waals surface area contributed by atoms with Crippen LogP contribution in [0.1, 0.15) is 29.5 Å². The van der Waals surface area contributed by atoms with Crippen LogP contribution < -0.4 is 0 Å². The minimum absolute atomic E-state index is 0.173. The molecule has 37 heavy (non-hydrogen) atoms. The lowest BCUT2D eigenvalue weighted by Crippen LogP contribution is -2.38. The molecule has 2 aliphatic heterocycles. The summed E-state index contributed by atoms with van der Waals surface area (Å²) < 4.78 is 55.0. The fourth-order valence-electron chi connectivity index (χ4n) is 4.54.